The first-order valence-electron chi connectivity index (χ1n) is 7.88. The van der Waals surface area contributed by atoms with Crippen molar-refractivity contribution in [3.05, 3.63) is 36.2 Å². The third kappa shape index (κ3) is 4.24. The van der Waals surface area contributed by atoms with E-state index < -0.39 is 0 Å². The van der Waals surface area contributed by atoms with Crippen LogP contribution in [0.1, 0.15) is 12.0 Å². The van der Waals surface area contributed by atoms with Gasteiger partial charge in [0.05, 0.1) is 25.5 Å². The maximum Gasteiger partial charge on any atom is 0.108 e. The van der Waals surface area contributed by atoms with E-state index >= 15 is 0 Å². The second-order valence-electron chi connectivity index (χ2n) is 5.77. The molecule has 0 unspecified atom stereocenters. The van der Waals surface area contributed by atoms with Crippen LogP contribution in [0.4, 0.5) is 11.4 Å². The number of rotatable bonds is 6. The largest absolute Gasteiger partial charge is 0.374 e. The Labute approximate surface area is 133 Å². The molecule has 1 aliphatic rings. The van der Waals surface area contributed by atoms with E-state index in [1.54, 1.807) is 0 Å². The van der Waals surface area contributed by atoms with E-state index in [2.05, 4.69) is 40.1 Å². The summed E-state index contributed by atoms with van der Waals surface area (Å²) in [5.41, 5.74) is 3.92. The maximum absolute atomic E-state index is 4.52. The Morgan fingerprint density at radius 3 is 2.95 bits per heavy atom. The average molecular weight is 302 g/mol. The number of fused-ring (bicyclic) bond motifs is 1. The van der Waals surface area contributed by atoms with Crippen LogP contribution >= 0.6 is 0 Å². The predicted octanol–water partition coefficient (Wildman–Crippen LogP) is 1.09. The number of nitrogens with zero attached hydrogens (tertiary/aromatic N) is 4. The van der Waals surface area contributed by atoms with Crippen LogP contribution in [0.15, 0.2) is 35.7 Å². The number of hydrogen-bond acceptors (Lipinski definition) is 4. The topological polar surface area (TPSA) is 38.7 Å². The Morgan fingerprint density at radius 1 is 1.36 bits per heavy atom. The second-order valence-corrected chi connectivity index (χ2v) is 5.77. The normalized spacial score (nSPS) is 14.6. The minimum atomic E-state index is 0.794. The van der Waals surface area contributed by atoms with Gasteiger partial charge in [-0.25, -0.2) is 0 Å². The van der Waals surface area contributed by atoms with Crippen LogP contribution in [0.2, 0.25) is 0 Å². The van der Waals surface area contributed by atoms with Gasteiger partial charge in [0.25, 0.3) is 0 Å². The molecule has 120 valence electrons. The Balaban J connectivity index is 1.98. The van der Waals surface area contributed by atoms with Crippen LogP contribution in [0.5, 0.6) is 0 Å². The van der Waals surface area contributed by atoms with Crippen LogP contribution in [-0.2, 0) is 6.42 Å². The lowest BCUT2D eigenvalue weighted by Gasteiger charge is -2.28. The highest BCUT2D eigenvalue weighted by Gasteiger charge is 2.14. The molecule has 0 amide bonds. The average Bonchev–Trinajstić information content (AvgIpc) is 2.52. The first kappa shape index (κ1) is 16.4. The summed E-state index contributed by atoms with van der Waals surface area (Å²) in [4.78, 5) is 4.43. The van der Waals surface area contributed by atoms with Crippen LogP contribution in [-0.4, -0.2) is 52.4 Å². The summed E-state index contributed by atoms with van der Waals surface area (Å²) in [6.45, 7) is 1.94. The minimum absolute atomic E-state index is 0.794. The van der Waals surface area contributed by atoms with E-state index in [1.807, 2.05) is 50.1 Å². The van der Waals surface area contributed by atoms with E-state index in [4.69, 9.17) is 0 Å². The Kier molecular flexibility index (Phi) is 5.83. The van der Waals surface area contributed by atoms with Gasteiger partial charge in [0.2, 0.25) is 0 Å². The Hall–Kier alpha value is -2.01. The molecule has 1 aliphatic heterocycles. The molecule has 0 bridgehead atoms. The molecule has 5 nitrogen and oxygen atoms in total. The fourth-order valence-corrected chi connectivity index (χ4v) is 2.62. The van der Waals surface area contributed by atoms with Crippen molar-refractivity contribution < 1.29 is 5.32 Å². The number of hydrogen-bond donors (Lipinski definition) is 1. The van der Waals surface area contributed by atoms with Gasteiger partial charge >= 0.3 is 0 Å². The first-order chi connectivity index (χ1) is 10.6. The monoisotopic (exact) mass is 302 g/mol. The fourth-order valence-electron chi connectivity index (χ4n) is 2.62. The van der Waals surface area contributed by atoms with Gasteiger partial charge in [0, 0.05) is 39.6 Å². The van der Waals surface area contributed by atoms with Crippen molar-refractivity contribution in [1.82, 2.24) is 4.90 Å². The highest BCUT2D eigenvalue weighted by Crippen LogP contribution is 2.29. The predicted molar refractivity (Wildman–Crippen MR) is 94.5 cm³/mol. The molecule has 22 heavy (non-hydrogen) atoms. The molecule has 2 N–H and O–H groups in total. The maximum atomic E-state index is 4.52. The molecule has 0 aliphatic carbocycles. The summed E-state index contributed by atoms with van der Waals surface area (Å²) in [7, 11) is 8.22. The smallest absolute Gasteiger partial charge is 0.108 e. The molecular weight excluding hydrogens is 274 g/mol. The summed E-state index contributed by atoms with van der Waals surface area (Å²) >= 11 is 0. The zero-order valence-electron chi connectivity index (χ0n) is 14.2. The van der Waals surface area contributed by atoms with Gasteiger partial charge in [-0.2, -0.15) is 5.10 Å². The zero-order chi connectivity index (χ0) is 15.9. The SMILES string of the molecule is C[NH2+]/C=C\N(C)C/C=N/N(C)c1ccc2c(c1)CCCN2C. The third-order valence-electron chi connectivity index (χ3n) is 3.95. The molecule has 0 fully saturated rings. The van der Waals surface area contributed by atoms with Crippen molar-refractivity contribution in [1.29, 1.82) is 0 Å². The molecule has 0 aromatic heterocycles. The standard InChI is InChI=1S/C17H27N5/c1-18-9-12-20(2)13-10-19-22(4)16-7-8-17-15(14-16)6-5-11-21(17)3/h7-10,12,14,18H,5-6,11,13H2,1-4H3/p+1/b12-9-,19-10+. The zero-order valence-corrected chi connectivity index (χ0v) is 14.2. The lowest BCUT2D eigenvalue weighted by molar-refractivity contribution is -0.557. The van der Waals surface area contributed by atoms with Crippen molar-refractivity contribution in [2.24, 2.45) is 5.10 Å². The third-order valence-corrected chi connectivity index (χ3v) is 3.95. The molecule has 1 aromatic rings. The molecule has 1 heterocycles. The summed E-state index contributed by atoms with van der Waals surface area (Å²) < 4.78 is 0. The lowest BCUT2D eigenvalue weighted by Crippen LogP contribution is -2.72. The van der Waals surface area contributed by atoms with Crippen molar-refractivity contribution in [2.45, 2.75) is 12.8 Å². The van der Waals surface area contributed by atoms with E-state index in [-0.39, 0.29) is 0 Å². The first-order valence-corrected chi connectivity index (χ1v) is 7.88. The van der Waals surface area contributed by atoms with Gasteiger partial charge < -0.3 is 15.1 Å². The summed E-state index contributed by atoms with van der Waals surface area (Å²) in [6.07, 6.45) is 8.39. The van der Waals surface area contributed by atoms with Crippen LogP contribution in [0.3, 0.4) is 0 Å². The van der Waals surface area contributed by atoms with Gasteiger partial charge in [-0.3, -0.25) is 5.01 Å². The lowest BCUT2D eigenvalue weighted by atomic mass is 10.0. The molecule has 0 atom stereocenters. The van der Waals surface area contributed by atoms with Crippen molar-refractivity contribution >= 4 is 17.6 Å². The van der Waals surface area contributed by atoms with E-state index in [0.29, 0.717) is 0 Å². The van der Waals surface area contributed by atoms with Crippen molar-refractivity contribution in [2.75, 3.05) is 51.2 Å². The fraction of sp³-hybridized carbons (Fsp3) is 0.471. The van der Waals surface area contributed by atoms with Gasteiger partial charge in [-0.05, 0) is 36.6 Å². The Bertz CT molecular complexity index is 538. The minimum Gasteiger partial charge on any atom is -0.374 e. The van der Waals surface area contributed by atoms with E-state index in [9.17, 15) is 0 Å². The molecule has 0 saturated heterocycles. The van der Waals surface area contributed by atoms with Gasteiger partial charge in [0.15, 0.2) is 0 Å². The molecule has 0 spiro atoms. The van der Waals surface area contributed by atoms with Crippen molar-refractivity contribution in [3.63, 3.8) is 0 Å². The number of benzene rings is 1. The summed E-state index contributed by atoms with van der Waals surface area (Å²) in [5.74, 6) is 0. The Morgan fingerprint density at radius 2 is 2.18 bits per heavy atom. The van der Waals surface area contributed by atoms with E-state index in [0.717, 1.165) is 25.2 Å². The summed E-state index contributed by atoms with van der Waals surface area (Å²) in [5, 5.41) is 8.48. The van der Waals surface area contributed by atoms with Gasteiger partial charge in [-0.15, -0.1) is 0 Å². The molecule has 5 heteroatoms. The molecule has 1 aromatic carbocycles. The molecular formula is C17H28N5+. The van der Waals surface area contributed by atoms with Gasteiger partial charge in [0.1, 0.15) is 6.20 Å². The quantitative estimate of drug-likeness (QED) is 0.631. The molecule has 2 rings (SSSR count). The van der Waals surface area contributed by atoms with Crippen molar-refractivity contribution in [3.8, 4) is 0 Å². The van der Waals surface area contributed by atoms with Gasteiger partial charge in [-0.1, -0.05) is 0 Å². The number of nitrogens with two attached hydrogens (primary N) is 1. The number of hydrazone groups is 1. The van der Waals surface area contributed by atoms with Crippen LogP contribution < -0.4 is 15.2 Å². The number of quaternary nitrogens is 1. The van der Waals surface area contributed by atoms with E-state index in [1.165, 1.54) is 17.7 Å². The number of anilines is 2. The number of aryl methyl sites for hydroxylation is 1. The van der Waals surface area contributed by atoms with Crippen LogP contribution in [0.25, 0.3) is 0 Å². The molecule has 0 saturated carbocycles. The second kappa shape index (κ2) is 7.84. The highest BCUT2D eigenvalue weighted by atomic mass is 15.4. The highest BCUT2D eigenvalue weighted by molar-refractivity contribution is 5.65. The summed E-state index contributed by atoms with van der Waals surface area (Å²) in [6, 6.07) is 6.62. The van der Waals surface area contributed by atoms with Crippen LogP contribution in [0, 0.1) is 0 Å². The molecule has 0 radical (unpaired) electrons.